The summed E-state index contributed by atoms with van der Waals surface area (Å²) >= 11 is 0. The van der Waals surface area contributed by atoms with Gasteiger partial charge in [-0.2, -0.15) is 0 Å². The number of hydrogen-bond acceptors (Lipinski definition) is 3. The highest BCUT2D eigenvalue weighted by Gasteiger charge is 2.05. The molecule has 0 spiro atoms. The van der Waals surface area contributed by atoms with E-state index < -0.39 is 0 Å². The number of carbonyl (C=O) groups is 1. The minimum absolute atomic E-state index is 0.169. The zero-order valence-corrected chi connectivity index (χ0v) is 14.6. The summed E-state index contributed by atoms with van der Waals surface area (Å²) in [6.07, 6.45) is 3.27. The lowest BCUT2D eigenvalue weighted by atomic mass is 10.1. The zero-order valence-electron chi connectivity index (χ0n) is 14.6. The van der Waals surface area contributed by atoms with Crippen LogP contribution in [0, 0.1) is 13.8 Å². The summed E-state index contributed by atoms with van der Waals surface area (Å²) in [5.74, 6) is 1.17. The Kier molecular flexibility index (Phi) is 6.01. The zero-order chi connectivity index (χ0) is 17.5. The minimum atomic E-state index is -0.169. The number of nitrogens with one attached hydrogen (secondary N) is 1. The second-order valence-corrected chi connectivity index (χ2v) is 5.41. The summed E-state index contributed by atoms with van der Waals surface area (Å²) in [5, 5.41) is 2.90. The highest BCUT2D eigenvalue weighted by Crippen LogP contribution is 2.28. The third-order valence-corrected chi connectivity index (χ3v) is 3.78. The quantitative estimate of drug-likeness (QED) is 0.803. The molecule has 0 aliphatic carbocycles. The average Bonchev–Trinajstić information content (AvgIpc) is 2.58. The van der Waals surface area contributed by atoms with Crippen molar-refractivity contribution in [3.8, 4) is 11.5 Å². The first kappa shape index (κ1) is 17.6. The molecule has 0 unspecified atom stereocenters. The summed E-state index contributed by atoms with van der Waals surface area (Å²) in [7, 11) is 1.60. The second kappa shape index (κ2) is 8.20. The van der Waals surface area contributed by atoms with Crippen LogP contribution in [0.2, 0.25) is 0 Å². The van der Waals surface area contributed by atoms with Gasteiger partial charge in [0.15, 0.2) is 11.5 Å². The van der Waals surface area contributed by atoms with Crippen LogP contribution >= 0.6 is 0 Å². The van der Waals surface area contributed by atoms with E-state index in [-0.39, 0.29) is 5.91 Å². The first-order valence-corrected chi connectivity index (χ1v) is 7.91. The number of carbonyl (C=O) groups excluding carboxylic acids is 1. The molecule has 0 atom stereocenters. The topological polar surface area (TPSA) is 47.6 Å². The number of benzene rings is 2. The van der Waals surface area contributed by atoms with Crippen LogP contribution in [-0.4, -0.2) is 19.6 Å². The molecule has 1 N–H and O–H groups in total. The average molecular weight is 325 g/mol. The maximum Gasteiger partial charge on any atom is 0.248 e. The fourth-order valence-corrected chi connectivity index (χ4v) is 2.30. The van der Waals surface area contributed by atoms with E-state index in [1.165, 1.54) is 6.08 Å². The van der Waals surface area contributed by atoms with Gasteiger partial charge in [-0.15, -0.1) is 0 Å². The van der Waals surface area contributed by atoms with Crippen LogP contribution in [0.4, 0.5) is 5.69 Å². The Balaban J connectivity index is 2.11. The molecule has 0 saturated heterocycles. The fraction of sp³-hybridized carbons (Fsp3) is 0.250. The Morgan fingerprint density at radius 2 is 1.96 bits per heavy atom. The van der Waals surface area contributed by atoms with E-state index in [9.17, 15) is 4.79 Å². The number of ether oxygens (including phenoxy) is 2. The first-order chi connectivity index (χ1) is 11.5. The predicted octanol–water partition coefficient (Wildman–Crippen LogP) is 4.36. The lowest BCUT2D eigenvalue weighted by molar-refractivity contribution is -0.111. The molecule has 0 fully saturated rings. The molecule has 4 heteroatoms. The van der Waals surface area contributed by atoms with Crippen molar-refractivity contribution in [1.29, 1.82) is 0 Å². The molecule has 2 rings (SSSR count). The van der Waals surface area contributed by atoms with Gasteiger partial charge in [-0.05, 0) is 61.7 Å². The van der Waals surface area contributed by atoms with Gasteiger partial charge >= 0.3 is 0 Å². The molecule has 0 radical (unpaired) electrons. The summed E-state index contributed by atoms with van der Waals surface area (Å²) in [6.45, 7) is 6.48. The molecule has 0 bridgehead atoms. The molecule has 0 aliphatic heterocycles. The van der Waals surface area contributed by atoms with Crippen LogP contribution < -0.4 is 14.8 Å². The molecule has 0 saturated carbocycles. The molecule has 4 nitrogen and oxygen atoms in total. The Labute approximate surface area is 143 Å². The Morgan fingerprint density at radius 1 is 1.17 bits per heavy atom. The monoisotopic (exact) mass is 325 g/mol. The summed E-state index contributed by atoms with van der Waals surface area (Å²) in [6, 6.07) is 11.4. The summed E-state index contributed by atoms with van der Waals surface area (Å²) in [4.78, 5) is 12.1. The Morgan fingerprint density at radius 3 is 2.67 bits per heavy atom. The maximum absolute atomic E-state index is 12.1. The van der Waals surface area contributed by atoms with Crippen molar-refractivity contribution < 1.29 is 14.3 Å². The minimum Gasteiger partial charge on any atom is -0.493 e. The molecule has 126 valence electrons. The highest BCUT2D eigenvalue weighted by atomic mass is 16.5. The molecule has 0 aromatic heterocycles. The van der Waals surface area contributed by atoms with Crippen LogP contribution in [-0.2, 0) is 4.79 Å². The molecule has 1 amide bonds. The maximum atomic E-state index is 12.1. The fourth-order valence-electron chi connectivity index (χ4n) is 2.30. The molecular weight excluding hydrogens is 302 g/mol. The third-order valence-electron chi connectivity index (χ3n) is 3.78. The van der Waals surface area contributed by atoms with E-state index in [2.05, 4.69) is 5.32 Å². The molecule has 0 aliphatic rings. The van der Waals surface area contributed by atoms with Crippen molar-refractivity contribution >= 4 is 17.7 Å². The second-order valence-electron chi connectivity index (χ2n) is 5.41. The van der Waals surface area contributed by atoms with Gasteiger partial charge in [0.1, 0.15) is 0 Å². The summed E-state index contributed by atoms with van der Waals surface area (Å²) < 4.78 is 10.8. The van der Waals surface area contributed by atoms with Crippen molar-refractivity contribution in [2.24, 2.45) is 0 Å². The van der Waals surface area contributed by atoms with E-state index in [0.717, 1.165) is 22.4 Å². The number of hydrogen-bond donors (Lipinski definition) is 1. The number of aryl methyl sites for hydroxylation is 1. The van der Waals surface area contributed by atoms with E-state index in [1.54, 1.807) is 13.2 Å². The van der Waals surface area contributed by atoms with E-state index >= 15 is 0 Å². The van der Waals surface area contributed by atoms with Crippen LogP contribution in [0.25, 0.3) is 6.08 Å². The molecular formula is C20H23NO3. The molecule has 0 heterocycles. The van der Waals surface area contributed by atoms with Crippen LogP contribution in [0.3, 0.4) is 0 Å². The lowest BCUT2D eigenvalue weighted by Crippen LogP contribution is -2.09. The standard InChI is InChI=1S/C20H23NO3/c1-5-24-19-13-16(9-11-18(19)23-4)10-12-20(22)21-17-8-6-7-14(2)15(17)3/h6-13H,5H2,1-4H3,(H,21,22). The van der Waals surface area contributed by atoms with E-state index in [1.807, 2.05) is 57.2 Å². The highest BCUT2D eigenvalue weighted by molar-refractivity contribution is 6.02. The van der Waals surface area contributed by atoms with Gasteiger partial charge in [0.05, 0.1) is 13.7 Å². The Hall–Kier alpha value is -2.75. The van der Waals surface area contributed by atoms with Crippen molar-refractivity contribution in [1.82, 2.24) is 0 Å². The van der Waals surface area contributed by atoms with E-state index in [4.69, 9.17) is 9.47 Å². The van der Waals surface area contributed by atoms with Crippen molar-refractivity contribution in [3.63, 3.8) is 0 Å². The molecule has 24 heavy (non-hydrogen) atoms. The van der Waals surface area contributed by atoms with Crippen molar-refractivity contribution in [3.05, 3.63) is 59.2 Å². The SMILES string of the molecule is CCOc1cc(C=CC(=O)Nc2cccc(C)c2C)ccc1OC. The largest absolute Gasteiger partial charge is 0.493 e. The van der Waals surface area contributed by atoms with Crippen LogP contribution in [0.1, 0.15) is 23.6 Å². The lowest BCUT2D eigenvalue weighted by Gasteiger charge is -2.10. The molecule has 2 aromatic rings. The van der Waals surface area contributed by atoms with Gasteiger partial charge < -0.3 is 14.8 Å². The number of amides is 1. The van der Waals surface area contributed by atoms with E-state index in [0.29, 0.717) is 18.1 Å². The Bertz CT molecular complexity index is 751. The van der Waals surface area contributed by atoms with Crippen molar-refractivity contribution in [2.75, 3.05) is 19.0 Å². The van der Waals surface area contributed by atoms with Gasteiger partial charge in [-0.3, -0.25) is 4.79 Å². The normalized spacial score (nSPS) is 10.7. The number of methoxy groups -OCH3 is 1. The van der Waals surface area contributed by atoms with Gasteiger partial charge in [0, 0.05) is 11.8 Å². The van der Waals surface area contributed by atoms with Crippen LogP contribution in [0.5, 0.6) is 11.5 Å². The summed E-state index contributed by atoms with van der Waals surface area (Å²) in [5.41, 5.74) is 3.92. The van der Waals surface area contributed by atoms with Gasteiger partial charge in [-0.25, -0.2) is 0 Å². The number of rotatable bonds is 6. The molecule has 2 aromatic carbocycles. The van der Waals surface area contributed by atoms with Gasteiger partial charge in [-0.1, -0.05) is 18.2 Å². The van der Waals surface area contributed by atoms with Crippen molar-refractivity contribution in [2.45, 2.75) is 20.8 Å². The van der Waals surface area contributed by atoms with Crippen LogP contribution in [0.15, 0.2) is 42.5 Å². The predicted molar refractivity (Wildman–Crippen MR) is 97.7 cm³/mol. The van der Waals surface area contributed by atoms with Gasteiger partial charge in [0.25, 0.3) is 0 Å². The number of anilines is 1. The smallest absolute Gasteiger partial charge is 0.248 e. The first-order valence-electron chi connectivity index (χ1n) is 7.91. The van der Waals surface area contributed by atoms with Gasteiger partial charge in [0.2, 0.25) is 5.91 Å². The third kappa shape index (κ3) is 4.38.